The lowest BCUT2D eigenvalue weighted by atomic mass is 9.79. The van der Waals surface area contributed by atoms with Crippen molar-refractivity contribution in [3.05, 3.63) is 21.4 Å². The van der Waals surface area contributed by atoms with Gasteiger partial charge in [-0.1, -0.05) is 13.3 Å². The minimum absolute atomic E-state index is 0.648. The second kappa shape index (κ2) is 5.33. The van der Waals surface area contributed by atoms with Gasteiger partial charge in [0.25, 0.3) is 0 Å². The van der Waals surface area contributed by atoms with E-state index >= 15 is 0 Å². The van der Waals surface area contributed by atoms with Crippen LogP contribution in [-0.4, -0.2) is 12.3 Å². The lowest BCUT2D eigenvalue weighted by Gasteiger charge is -2.33. The van der Waals surface area contributed by atoms with Crippen molar-refractivity contribution >= 4 is 23.1 Å². The molecular weight excluding hydrogens is 246 g/mol. The Morgan fingerprint density at radius 2 is 2.35 bits per heavy atom. The van der Waals surface area contributed by atoms with Crippen molar-refractivity contribution in [3.63, 3.8) is 0 Å². The number of hydrogen-bond donors (Lipinski definition) is 1. The highest BCUT2D eigenvalue weighted by atomic mass is 32.2. The quantitative estimate of drug-likeness (QED) is 0.885. The summed E-state index contributed by atoms with van der Waals surface area (Å²) in [6.07, 6.45) is 5.59. The third kappa shape index (κ3) is 2.42. The van der Waals surface area contributed by atoms with E-state index in [0.29, 0.717) is 6.04 Å². The van der Waals surface area contributed by atoms with E-state index in [1.54, 1.807) is 15.3 Å². The topological polar surface area (TPSA) is 12.0 Å². The largest absolute Gasteiger partial charge is 0.309 e. The van der Waals surface area contributed by atoms with Gasteiger partial charge in [0, 0.05) is 21.5 Å². The van der Waals surface area contributed by atoms with Gasteiger partial charge in [-0.05, 0) is 49.1 Å². The van der Waals surface area contributed by atoms with E-state index < -0.39 is 0 Å². The number of aryl methyl sites for hydroxylation is 1. The van der Waals surface area contributed by atoms with Gasteiger partial charge in [-0.2, -0.15) is 11.8 Å². The lowest BCUT2D eigenvalue weighted by Crippen LogP contribution is -2.31. The Labute approximate surface area is 112 Å². The zero-order valence-corrected chi connectivity index (χ0v) is 12.1. The van der Waals surface area contributed by atoms with Gasteiger partial charge < -0.3 is 5.32 Å². The zero-order valence-electron chi connectivity index (χ0n) is 10.5. The van der Waals surface area contributed by atoms with Crippen LogP contribution in [0.15, 0.2) is 6.07 Å². The van der Waals surface area contributed by atoms with Crippen LogP contribution in [0.2, 0.25) is 0 Å². The Balaban J connectivity index is 1.81. The Morgan fingerprint density at radius 3 is 3.00 bits per heavy atom. The molecule has 2 aliphatic rings. The van der Waals surface area contributed by atoms with E-state index in [1.165, 1.54) is 37.2 Å². The molecule has 0 amide bonds. The molecule has 3 rings (SSSR count). The molecule has 1 aliphatic carbocycles. The molecular formula is C14H21NS2. The number of thiophene rings is 1. The molecule has 1 aromatic rings. The van der Waals surface area contributed by atoms with E-state index in [-0.39, 0.29) is 0 Å². The highest BCUT2D eigenvalue weighted by Crippen LogP contribution is 2.42. The fourth-order valence-electron chi connectivity index (χ4n) is 2.82. The van der Waals surface area contributed by atoms with Gasteiger partial charge in [-0.3, -0.25) is 0 Å². The first-order valence-electron chi connectivity index (χ1n) is 6.81. The number of nitrogens with one attached hydrogen (secondary N) is 1. The Bertz CT molecular complexity index is 358. The number of rotatable bonds is 4. The molecule has 0 aromatic carbocycles. The molecule has 1 nitrogen and oxygen atoms in total. The van der Waals surface area contributed by atoms with E-state index in [2.05, 4.69) is 41.4 Å². The molecule has 1 aliphatic heterocycles. The van der Waals surface area contributed by atoms with Crippen LogP contribution in [0, 0.1) is 5.92 Å². The standard InChI is InChI=1S/C14H21NS2/c1-2-15-14(10-4-3-5-10)13-8-11-9-16-7-6-12(11)17-13/h8,10,14-15H,2-7,9H2,1H3. The van der Waals surface area contributed by atoms with Gasteiger partial charge in [0.2, 0.25) is 0 Å². The summed E-state index contributed by atoms with van der Waals surface area (Å²) in [5.41, 5.74) is 1.63. The molecule has 0 bridgehead atoms. The first-order valence-corrected chi connectivity index (χ1v) is 8.78. The van der Waals surface area contributed by atoms with Crippen molar-refractivity contribution in [1.29, 1.82) is 0 Å². The van der Waals surface area contributed by atoms with Crippen LogP contribution < -0.4 is 5.32 Å². The summed E-state index contributed by atoms with van der Waals surface area (Å²) in [7, 11) is 0. The maximum absolute atomic E-state index is 3.71. The van der Waals surface area contributed by atoms with Crippen LogP contribution in [0.5, 0.6) is 0 Å². The summed E-state index contributed by atoms with van der Waals surface area (Å²) >= 11 is 4.18. The summed E-state index contributed by atoms with van der Waals surface area (Å²) < 4.78 is 0. The molecule has 1 saturated carbocycles. The molecule has 0 spiro atoms. The van der Waals surface area contributed by atoms with Crippen molar-refractivity contribution in [2.75, 3.05) is 12.3 Å². The van der Waals surface area contributed by atoms with Crippen LogP contribution in [0.4, 0.5) is 0 Å². The first-order chi connectivity index (χ1) is 8.38. The maximum atomic E-state index is 3.71. The summed E-state index contributed by atoms with van der Waals surface area (Å²) in [6.45, 7) is 3.33. The van der Waals surface area contributed by atoms with Crippen LogP contribution >= 0.6 is 23.1 Å². The zero-order chi connectivity index (χ0) is 11.7. The number of thioether (sulfide) groups is 1. The highest BCUT2D eigenvalue weighted by Gasteiger charge is 2.29. The van der Waals surface area contributed by atoms with E-state index in [9.17, 15) is 0 Å². The van der Waals surface area contributed by atoms with Crippen LogP contribution in [-0.2, 0) is 12.2 Å². The summed E-state index contributed by atoms with van der Waals surface area (Å²) in [4.78, 5) is 3.28. The predicted molar refractivity (Wildman–Crippen MR) is 77.9 cm³/mol. The molecule has 1 fully saturated rings. The smallest absolute Gasteiger partial charge is 0.0443 e. The SMILES string of the molecule is CCNC(c1cc2c(s1)CCSC2)C1CCC1. The molecule has 1 atom stereocenters. The molecule has 17 heavy (non-hydrogen) atoms. The second-order valence-electron chi connectivity index (χ2n) is 5.13. The molecule has 0 saturated heterocycles. The van der Waals surface area contributed by atoms with Gasteiger partial charge >= 0.3 is 0 Å². The number of hydrogen-bond acceptors (Lipinski definition) is 3. The van der Waals surface area contributed by atoms with E-state index in [4.69, 9.17) is 0 Å². The van der Waals surface area contributed by atoms with Crippen molar-refractivity contribution in [2.24, 2.45) is 5.92 Å². The summed E-state index contributed by atoms with van der Waals surface area (Å²) in [5.74, 6) is 3.47. The van der Waals surface area contributed by atoms with Crippen molar-refractivity contribution in [1.82, 2.24) is 5.32 Å². The third-order valence-corrected chi connectivity index (χ3v) is 6.33. The fourth-order valence-corrected chi connectivity index (χ4v) is 5.36. The first kappa shape index (κ1) is 12.1. The Hall–Kier alpha value is 0.01000. The van der Waals surface area contributed by atoms with Crippen molar-refractivity contribution in [3.8, 4) is 0 Å². The van der Waals surface area contributed by atoms with Gasteiger partial charge in [-0.25, -0.2) is 0 Å². The van der Waals surface area contributed by atoms with Crippen LogP contribution in [0.1, 0.15) is 47.5 Å². The highest BCUT2D eigenvalue weighted by molar-refractivity contribution is 7.98. The minimum atomic E-state index is 0.648. The molecule has 1 unspecified atom stereocenters. The summed E-state index contributed by atoms with van der Waals surface area (Å²) in [6, 6.07) is 3.15. The molecule has 94 valence electrons. The average molecular weight is 267 g/mol. The van der Waals surface area contributed by atoms with Crippen molar-refractivity contribution in [2.45, 2.75) is 44.4 Å². The Morgan fingerprint density at radius 1 is 1.47 bits per heavy atom. The molecule has 0 radical (unpaired) electrons. The van der Waals surface area contributed by atoms with Crippen molar-refractivity contribution < 1.29 is 0 Å². The average Bonchev–Trinajstić information content (AvgIpc) is 2.69. The van der Waals surface area contributed by atoms with Gasteiger partial charge in [-0.15, -0.1) is 11.3 Å². The van der Waals surface area contributed by atoms with E-state index in [0.717, 1.165) is 12.5 Å². The van der Waals surface area contributed by atoms with Gasteiger partial charge in [0.05, 0.1) is 0 Å². The summed E-state index contributed by atoms with van der Waals surface area (Å²) in [5, 5.41) is 3.71. The monoisotopic (exact) mass is 267 g/mol. The maximum Gasteiger partial charge on any atom is 0.0443 e. The molecule has 1 N–H and O–H groups in total. The van der Waals surface area contributed by atoms with Gasteiger partial charge in [0.15, 0.2) is 0 Å². The fraction of sp³-hybridized carbons (Fsp3) is 0.714. The molecule has 2 heterocycles. The van der Waals surface area contributed by atoms with Crippen LogP contribution in [0.3, 0.4) is 0 Å². The predicted octanol–water partition coefficient (Wildman–Crippen LogP) is 3.99. The van der Waals surface area contributed by atoms with E-state index in [1.807, 2.05) is 0 Å². The molecule has 3 heteroatoms. The number of fused-ring (bicyclic) bond motifs is 1. The van der Waals surface area contributed by atoms with Gasteiger partial charge in [0.1, 0.15) is 0 Å². The normalized spacial score (nSPS) is 21.9. The van der Waals surface area contributed by atoms with Crippen LogP contribution in [0.25, 0.3) is 0 Å². The Kier molecular flexibility index (Phi) is 3.78. The minimum Gasteiger partial charge on any atom is -0.309 e. The second-order valence-corrected chi connectivity index (χ2v) is 7.40. The third-order valence-electron chi connectivity index (χ3n) is 4.00. The lowest BCUT2D eigenvalue weighted by molar-refractivity contribution is 0.236. The molecule has 1 aromatic heterocycles.